The third-order valence-corrected chi connectivity index (χ3v) is 9.10. The van der Waals surface area contributed by atoms with Crippen molar-refractivity contribution >= 4 is 35.0 Å². The Morgan fingerprint density at radius 2 is 1.34 bits per heavy atom. The fourth-order valence-corrected chi connectivity index (χ4v) is 6.67. The van der Waals surface area contributed by atoms with Crippen LogP contribution in [-0.2, 0) is 22.4 Å². The number of benzene rings is 2. The van der Waals surface area contributed by atoms with Crippen LogP contribution in [0, 0.1) is 19.8 Å². The van der Waals surface area contributed by atoms with Gasteiger partial charge in [-0.2, -0.15) is 0 Å². The molecule has 0 bridgehead atoms. The molecule has 7 N–H and O–H groups in total. The predicted octanol–water partition coefficient (Wildman–Crippen LogP) is 4.22. The number of rotatable bonds is 15. The molecule has 0 spiro atoms. The van der Waals surface area contributed by atoms with E-state index in [9.17, 15) is 9.59 Å². The molecular weight excluding hydrogens is 595 g/mol. The Morgan fingerprint density at radius 1 is 0.841 bits per heavy atom. The number of nitrogens with one attached hydrogen (secondary N) is 1. The second kappa shape index (κ2) is 17.5. The highest BCUT2D eigenvalue weighted by Gasteiger charge is 2.41. The van der Waals surface area contributed by atoms with Gasteiger partial charge in [0.2, 0.25) is 11.8 Å². The van der Waals surface area contributed by atoms with E-state index < -0.39 is 12.1 Å². The topological polar surface area (TPSA) is 131 Å². The van der Waals surface area contributed by atoms with E-state index in [1.54, 1.807) is 0 Å². The SMILES string of the molecule is Cc1ccc(CC(N)C(=O)N2C[C@H](CCCCNCCN)N(C(=O)C(N)Cc3ccc(C)cc3Cl)C[C@H]2CC(C)C)c(Cl)c1. The fourth-order valence-electron chi connectivity index (χ4n) is 6.05. The van der Waals surface area contributed by atoms with E-state index in [1.807, 2.05) is 60.0 Å². The Kier molecular flexibility index (Phi) is 14.4. The summed E-state index contributed by atoms with van der Waals surface area (Å²) in [6.45, 7) is 11.3. The molecule has 244 valence electrons. The van der Waals surface area contributed by atoms with Crippen LogP contribution >= 0.6 is 23.2 Å². The third-order valence-electron chi connectivity index (χ3n) is 8.40. The molecule has 2 aromatic rings. The van der Waals surface area contributed by atoms with Crippen LogP contribution < -0.4 is 22.5 Å². The maximum absolute atomic E-state index is 14.0. The van der Waals surface area contributed by atoms with Gasteiger partial charge < -0.3 is 32.3 Å². The molecule has 2 amide bonds. The number of aryl methyl sites for hydroxylation is 2. The molecule has 8 nitrogen and oxygen atoms in total. The van der Waals surface area contributed by atoms with Crippen LogP contribution in [0.25, 0.3) is 0 Å². The highest BCUT2D eigenvalue weighted by Crippen LogP contribution is 2.27. The summed E-state index contributed by atoms with van der Waals surface area (Å²) < 4.78 is 0. The standard InChI is InChI=1S/C34H52Cl2N6O2/c1-22(2)15-28-21-41(33(43)31(38)18-25-10-8-23(3)16-29(25)35)27(7-5-6-13-40-14-12-37)20-42(28)34(44)32(39)19-26-11-9-24(4)17-30(26)36/h8-11,16-17,22,27-28,31-32,40H,5-7,12-15,18-21,37-39H2,1-4H3/t27-,28+,31?,32?/m0/s1. The van der Waals surface area contributed by atoms with Gasteiger partial charge in [-0.15, -0.1) is 0 Å². The first-order valence-electron chi connectivity index (χ1n) is 15.9. The second-order valence-electron chi connectivity index (χ2n) is 12.8. The Morgan fingerprint density at radius 3 is 1.82 bits per heavy atom. The number of nitrogens with zero attached hydrogens (tertiary/aromatic N) is 2. The van der Waals surface area contributed by atoms with Crippen molar-refractivity contribution in [2.24, 2.45) is 23.1 Å². The second-order valence-corrected chi connectivity index (χ2v) is 13.6. The van der Waals surface area contributed by atoms with Crippen molar-refractivity contribution in [1.29, 1.82) is 0 Å². The number of halogens is 2. The summed E-state index contributed by atoms with van der Waals surface area (Å²) >= 11 is 13.0. The lowest BCUT2D eigenvalue weighted by atomic mass is 9.93. The first-order chi connectivity index (χ1) is 20.9. The lowest BCUT2D eigenvalue weighted by molar-refractivity contribution is -0.149. The molecule has 3 rings (SSSR count). The van der Waals surface area contributed by atoms with Gasteiger partial charge in [0.05, 0.1) is 12.1 Å². The van der Waals surface area contributed by atoms with Crippen LogP contribution in [0.1, 0.15) is 61.8 Å². The number of amides is 2. The van der Waals surface area contributed by atoms with E-state index in [2.05, 4.69) is 19.2 Å². The molecule has 0 aliphatic carbocycles. The zero-order valence-corrected chi connectivity index (χ0v) is 28.3. The summed E-state index contributed by atoms with van der Waals surface area (Å²) in [5.41, 5.74) is 22.6. The quantitative estimate of drug-likeness (QED) is 0.214. The van der Waals surface area contributed by atoms with Gasteiger partial charge >= 0.3 is 0 Å². The van der Waals surface area contributed by atoms with E-state index in [4.69, 9.17) is 40.4 Å². The number of unbranched alkanes of at least 4 members (excludes halogenated alkanes) is 1. The molecule has 1 aliphatic rings. The molecule has 1 fully saturated rings. The molecule has 10 heteroatoms. The summed E-state index contributed by atoms with van der Waals surface area (Å²) in [6.07, 6.45) is 4.05. The molecule has 2 unspecified atom stereocenters. The van der Waals surface area contributed by atoms with Gasteiger partial charge in [0, 0.05) is 48.3 Å². The minimum absolute atomic E-state index is 0.107. The number of carbonyl (C=O) groups is 2. The average Bonchev–Trinajstić information content (AvgIpc) is 2.97. The van der Waals surface area contributed by atoms with E-state index >= 15 is 0 Å². The van der Waals surface area contributed by atoms with Crippen molar-refractivity contribution in [2.75, 3.05) is 32.7 Å². The van der Waals surface area contributed by atoms with Crippen molar-refractivity contribution in [3.63, 3.8) is 0 Å². The smallest absolute Gasteiger partial charge is 0.240 e. The summed E-state index contributed by atoms with van der Waals surface area (Å²) in [5, 5.41) is 4.57. The molecule has 1 saturated heterocycles. The molecule has 4 atom stereocenters. The van der Waals surface area contributed by atoms with Crippen LogP contribution in [0.2, 0.25) is 10.0 Å². The number of nitrogens with two attached hydrogens (primary N) is 3. The predicted molar refractivity (Wildman–Crippen MR) is 182 cm³/mol. The molecule has 1 heterocycles. The Balaban J connectivity index is 1.82. The van der Waals surface area contributed by atoms with Crippen LogP contribution in [0.15, 0.2) is 36.4 Å². The number of hydrogen-bond donors (Lipinski definition) is 4. The van der Waals surface area contributed by atoms with E-state index in [0.717, 1.165) is 61.0 Å². The fraction of sp³-hybridized carbons (Fsp3) is 0.588. The Labute approximate surface area is 274 Å². The first-order valence-corrected chi connectivity index (χ1v) is 16.7. The molecule has 0 saturated carbocycles. The molecule has 0 radical (unpaired) electrons. The summed E-state index contributed by atoms with van der Waals surface area (Å²) in [7, 11) is 0. The van der Waals surface area contributed by atoms with Crippen molar-refractivity contribution in [3.8, 4) is 0 Å². The first kappa shape index (κ1) is 36.3. The maximum Gasteiger partial charge on any atom is 0.240 e. The normalized spacial score (nSPS) is 18.5. The van der Waals surface area contributed by atoms with Crippen molar-refractivity contribution in [3.05, 3.63) is 68.7 Å². The van der Waals surface area contributed by atoms with Gasteiger partial charge in [0.25, 0.3) is 0 Å². The minimum atomic E-state index is -0.739. The highest BCUT2D eigenvalue weighted by atomic mass is 35.5. The van der Waals surface area contributed by atoms with Crippen LogP contribution in [0.5, 0.6) is 0 Å². The van der Waals surface area contributed by atoms with E-state index in [1.165, 1.54) is 0 Å². The van der Waals surface area contributed by atoms with Gasteiger partial charge in [0.15, 0.2) is 0 Å². The molecule has 0 aromatic heterocycles. The van der Waals surface area contributed by atoms with E-state index in [0.29, 0.717) is 48.4 Å². The van der Waals surface area contributed by atoms with Crippen molar-refractivity contribution in [2.45, 2.75) is 90.4 Å². The summed E-state index contributed by atoms with van der Waals surface area (Å²) in [5.74, 6) is 0.106. The Hall–Kier alpha value is -2.20. The van der Waals surface area contributed by atoms with Gasteiger partial charge in [0.1, 0.15) is 0 Å². The average molecular weight is 648 g/mol. The largest absolute Gasteiger partial charge is 0.335 e. The number of piperazine rings is 1. The van der Waals surface area contributed by atoms with Gasteiger partial charge in [-0.05, 0) is 92.8 Å². The molecule has 1 aliphatic heterocycles. The lowest BCUT2D eigenvalue weighted by Gasteiger charge is -2.48. The van der Waals surface area contributed by atoms with Gasteiger partial charge in [-0.25, -0.2) is 0 Å². The van der Waals surface area contributed by atoms with Crippen LogP contribution in [0.3, 0.4) is 0 Å². The lowest BCUT2D eigenvalue weighted by Crippen LogP contribution is -2.65. The Bertz CT molecular complexity index is 1240. The maximum atomic E-state index is 14.0. The zero-order chi connectivity index (χ0) is 32.4. The zero-order valence-electron chi connectivity index (χ0n) is 26.8. The van der Waals surface area contributed by atoms with Gasteiger partial charge in [-0.1, -0.05) is 67.7 Å². The highest BCUT2D eigenvalue weighted by molar-refractivity contribution is 6.31. The summed E-state index contributed by atoms with van der Waals surface area (Å²) in [6, 6.07) is 9.83. The minimum Gasteiger partial charge on any atom is -0.335 e. The van der Waals surface area contributed by atoms with E-state index in [-0.39, 0.29) is 23.9 Å². The number of carbonyl (C=O) groups excluding carboxylic acids is 2. The monoisotopic (exact) mass is 646 g/mol. The van der Waals surface area contributed by atoms with Crippen LogP contribution in [-0.4, -0.2) is 78.5 Å². The molecular formula is C34H52Cl2N6O2. The molecule has 44 heavy (non-hydrogen) atoms. The molecule has 2 aromatic carbocycles. The summed E-state index contributed by atoms with van der Waals surface area (Å²) in [4.78, 5) is 31.8. The van der Waals surface area contributed by atoms with Gasteiger partial charge in [-0.3, -0.25) is 9.59 Å². The van der Waals surface area contributed by atoms with Crippen molar-refractivity contribution in [1.82, 2.24) is 15.1 Å². The van der Waals surface area contributed by atoms with Crippen molar-refractivity contribution < 1.29 is 9.59 Å². The third kappa shape index (κ3) is 10.4. The van der Waals surface area contributed by atoms with Crippen LogP contribution in [0.4, 0.5) is 0 Å². The number of hydrogen-bond acceptors (Lipinski definition) is 6.